The number of likely N-dealkylation sites (tertiary alicyclic amines) is 1. The topological polar surface area (TPSA) is 45.6 Å². The Morgan fingerprint density at radius 3 is 2.37 bits per heavy atom. The smallest absolute Gasteiger partial charge is 0.263 e. The van der Waals surface area contributed by atoms with Gasteiger partial charge in [-0.05, 0) is 49.6 Å². The quantitative estimate of drug-likeness (QED) is 0.357. The number of carbonyl (C=O) groups excluding carboxylic acids is 2. The lowest BCUT2D eigenvalue weighted by atomic mass is 10.0. The fourth-order valence-electron chi connectivity index (χ4n) is 5.28. The van der Waals surface area contributed by atoms with Gasteiger partial charge in [0.05, 0.1) is 11.3 Å². The number of rotatable bonds is 4. The summed E-state index contributed by atoms with van der Waals surface area (Å²) >= 11 is 0. The predicted octanol–water partition coefficient (Wildman–Crippen LogP) is 5.87. The molecule has 4 aromatic rings. The van der Waals surface area contributed by atoms with Crippen LogP contribution in [0.25, 0.3) is 22.6 Å². The van der Waals surface area contributed by atoms with Crippen molar-refractivity contribution in [2.24, 2.45) is 0 Å². The highest BCUT2D eigenvalue weighted by molar-refractivity contribution is 6.38. The molecule has 1 fully saturated rings. The fourth-order valence-corrected chi connectivity index (χ4v) is 5.28. The molecule has 0 N–H and O–H groups in total. The molecule has 0 bridgehead atoms. The zero-order valence-corrected chi connectivity index (χ0v) is 19.6. The second-order valence-corrected chi connectivity index (χ2v) is 9.22. The molecule has 0 aliphatic carbocycles. The van der Waals surface area contributed by atoms with Crippen LogP contribution in [0.3, 0.4) is 0 Å². The lowest BCUT2D eigenvalue weighted by Crippen LogP contribution is -2.37. The Kier molecular flexibility index (Phi) is 5.45. The van der Waals surface area contributed by atoms with Crippen molar-refractivity contribution in [1.82, 2.24) is 9.47 Å². The summed E-state index contributed by atoms with van der Waals surface area (Å²) in [7, 11) is 0. The summed E-state index contributed by atoms with van der Waals surface area (Å²) in [5.74, 6) is 0.112. The molecule has 0 saturated carbocycles. The maximum atomic E-state index is 13.7. The Balaban J connectivity index is 1.41. The number of hydrogen-bond acceptors (Lipinski definition) is 2. The van der Waals surface area contributed by atoms with E-state index in [1.165, 1.54) is 6.42 Å². The third-order valence-electron chi connectivity index (χ3n) is 7.02. The summed E-state index contributed by atoms with van der Waals surface area (Å²) in [5, 5.41) is 1.04. The molecule has 3 aromatic carbocycles. The van der Waals surface area contributed by atoms with Crippen LogP contribution in [0.1, 0.15) is 30.4 Å². The first kappa shape index (κ1) is 21.4. The minimum atomic E-state index is -0.0429. The lowest BCUT2D eigenvalue weighted by Gasteiger charge is -2.27. The van der Waals surface area contributed by atoms with E-state index >= 15 is 0 Å². The molecule has 2 aliphatic rings. The van der Waals surface area contributed by atoms with Crippen LogP contribution in [0.2, 0.25) is 0 Å². The molecule has 174 valence electrons. The van der Waals surface area contributed by atoms with Gasteiger partial charge in [0.15, 0.2) is 0 Å². The molecule has 3 heterocycles. The first-order valence-electron chi connectivity index (χ1n) is 12.3. The van der Waals surface area contributed by atoms with Crippen LogP contribution in [-0.2, 0) is 16.1 Å². The maximum absolute atomic E-state index is 13.7. The molecule has 6 rings (SSSR count). The number of aromatic nitrogens is 1. The molecular formula is C30H27N3O2. The van der Waals surface area contributed by atoms with Crippen LogP contribution in [0.15, 0.2) is 85.1 Å². The number of anilines is 2. The molecule has 2 aliphatic heterocycles. The molecule has 5 heteroatoms. The van der Waals surface area contributed by atoms with E-state index in [1.807, 2.05) is 94.5 Å². The van der Waals surface area contributed by atoms with Gasteiger partial charge in [0.1, 0.15) is 6.54 Å². The number of benzene rings is 3. The van der Waals surface area contributed by atoms with Crippen LogP contribution >= 0.6 is 0 Å². The van der Waals surface area contributed by atoms with Crippen molar-refractivity contribution < 1.29 is 9.59 Å². The van der Waals surface area contributed by atoms with Crippen LogP contribution in [0, 0.1) is 0 Å². The molecule has 35 heavy (non-hydrogen) atoms. The van der Waals surface area contributed by atoms with Gasteiger partial charge in [0, 0.05) is 47.0 Å². The minimum Gasteiger partial charge on any atom is -0.341 e. The minimum absolute atomic E-state index is 0.0429. The zero-order chi connectivity index (χ0) is 23.8. The van der Waals surface area contributed by atoms with Crippen molar-refractivity contribution in [3.05, 3.63) is 96.2 Å². The second-order valence-electron chi connectivity index (χ2n) is 9.22. The van der Waals surface area contributed by atoms with E-state index in [2.05, 4.69) is 6.07 Å². The Bertz CT molecular complexity index is 1450. The van der Waals surface area contributed by atoms with Gasteiger partial charge in [-0.25, -0.2) is 0 Å². The summed E-state index contributed by atoms with van der Waals surface area (Å²) in [5.41, 5.74) is 5.27. The van der Waals surface area contributed by atoms with E-state index in [4.69, 9.17) is 0 Å². The first-order chi connectivity index (χ1) is 17.2. The summed E-state index contributed by atoms with van der Waals surface area (Å²) < 4.78 is 2.03. The molecular weight excluding hydrogens is 434 g/mol. The first-order valence-corrected chi connectivity index (χ1v) is 12.3. The summed E-state index contributed by atoms with van der Waals surface area (Å²) in [6.45, 7) is 2.00. The Morgan fingerprint density at radius 1 is 0.829 bits per heavy atom. The third-order valence-corrected chi connectivity index (χ3v) is 7.02. The van der Waals surface area contributed by atoms with Crippen molar-refractivity contribution in [2.75, 3.05) is 18.0 Å². The Morgan fingerprint density at radius 2 is 1.54 bits per heavy atom. The number of para-hydroxylation sites is 3. The van der Waals surface area contributed by atoms with Crippen LogP contribution in [0.5, 0.6) is 0 Å². The summed E-state index contributed by atoms with van der Waals surface area (Å²) in [4.78, 5) is 30.4. The van der Waals surface area contributed by atoms with Gasteiger partial charge in [-0.15, -0.1) is 0 Å². The molecule has 0 atom stereocenters. The monoisotopic (exact) mass is 461 g/mol. The van der Waals surface area contributed by atoms with E-state index in [-0.39, 0.29) is 11.8 Å². The highest BCUT2D eigenvalue weighted by Crippen LogP contribution is 2.42. The normalized spacial score (nSPS) is 16.8. The molecule has 1 saturated heterocycles. The average Bonchev–Trinajstić information content (AvgIpc) is 3.40. The Hall–Kier alpha value is -4.12. The fraction of sp³-hybridized carbons (Fsp3) is 0.200. The van der Waals surface area contributed by atoms with Crippen LogP contribution in [0.4, 0.5) is 11.4 Å². The molecule has 0 radical (unpaired) electrons. The SMILES string of the molecule is O=C(Cn1cc(/C=C2/C(=O)N(c3ccccc3)c3ccccc32)c2ccccc21)N1CCCCC1. The highest BCUT2D eigenvalue weighted by atomic mass is 16.2. The van der Waals surface area contributed by atoms with Crippen molar-refractivity contribution in [3.8, 4) is 0 Å². The van der Waals surface area contributed by atoms with Gasteiger partial charge < -0.3 is 9.47 Å². The number of hydrogen-bond donors (Lipinski definition) is 0. The number of amides is 2. The van der Waals surface area contributed by atoms with Crippen molar-refractivity contribution in [1.29, 1.82) is 0 Å². The van der Waals surface area contributed by atoms with Crippen LogP contribution < -0.4 is 4.90 Å². The standard InChI is InChI=1S/C30H27N3O2/c34-29(31-17-9-2-10-18-31)21-32-20-22(24-13-5-7-15-27(24)32)19-26-25-14-6-8-16-28(25)33(30(26)35)23-11-3-1-4-12-23/h1,3-8,11-16,19-20H,2,9-10,17-18,21H2/b26-19+. The van der Waals surface area contributed by atoms with Gasteiger partial charge in [-0.2, -0.15) is 0 Å². The average molecular weight is 462 g/mol. The van der Waals surface area contributed by atoms with E-state index in [0.29, 0.717) is 12.1 Å². The molecule has 1 aromatic heterocycles. The zero-order valence-electron chi connectivity index (χ0n) is 19.6. The largest absolute Gasteiger partial charge is 0.341 e. The van der Waals surface area contributed by atoms with E-state index in [1.54, 1.807) is 4.90 Å². The van der Waals surface area contributed by atoms with Gasteiger partial charge >= 0.3 is 0 Å². The van der Waals surface area contributed by atoms with E-state index in [0.717, 1.165) is 59.3 Å². The Labute approximate surface area is 204 Å². The highest BCUT2D eigenvalue weighted by Gasteiger charge is 2.33. The van der Waals surface area contributed by atoms with Crippen LogP contribution in [-0.4, -0.2) is 34.4 Å². The molecule has 0 unspecified atom stereocenters. The van der Waals surface area contributed by atoms with Crippen molar-refractivity contribution >= 4 is 45.7 Å². The van der Waals surface area contributed by atoms with Crippen molar-refractivity contribution in [3.63, 3.8) is 0 Å². The van der Waals surface area contributed by atoms with E-state index in [9.17, 15) is 9.59 Å². The number of fused-ring (bicyclic) bond motifs is 2. The molecule has 5 nitrogen and oxygen atoms in total. The second kappa shape index (κ2) is 8.91. The van der Waals surface area contributed by atoms with Crippen molar-refractivity contribution in [2.45, 2.75) is 25.8 Å². The number of piperidine rings is 1. The van der Waals surface area contributed by atoms with E-state index < -0.39 is 0 Å². The summed E-state index contributed by atoms with van der Waals surface area (Å²) in [6, 6.07) is 25.8. The third kappa shape index (κ3) is 3.83. The molecule has 0 spiro atoms. The predicted molar refractivity (Wildman–Crippen MR) is 140 cm³/mol. The van der Waals surface area contributed by atoms with Gasteiger partial charge in [-0.3, -0.25) is 14.5 Å². The van der Waals surface area contributed by atoms with Gasteiger partial charge in [0.2, 0.25) is 5.91 Å². The van der Waals surface area contributed by atoms with Gasteiger partial charge in [0.25, 0.3) is 5.91 Å². The van der Waals surface area contributed by atoms with Gasteiger partial charge in [-0.1, -0.05) is 54.6 Å². The maximum Gasteiger partial charge on any atom is 0.263 e. The molecule has 2 amide bonds. The number of carbonyl (C=O) groups is 2. The summed E-state index contributed by atoms with van der Waals surface area (Å²) in [6.07, 6.45) is 7.35. The lowest BCUT2D eigenvalue weighted by molar-refractivity contribution is -0.132. The number of nitrogens with zero attached hydrogens (tertiary/aromatic N) is 3.